The van der Waals surface area contributed by atoms with E-state index >= 15 is 0 Å². The molecule has 3 aromatic rings. The van der Waals surface area contributed by atoms with E-state index in [0.29, 0.717) is 6.04 Å². The van der Waals surface area contributed by atoms with Crippen LogP contribution in [-0.4, -0.2) is 58.3 Å². The first kappa shape index (κ1) is 16.8. The number of hydrogen-bond donors (Lipinski definition) is 1. The molecule has 6 heteroatoms. The first-order chi connectivity index (χ1) is 12.7. The third-order valence-corrected chi connectivity index (χ3v) is 4.92. The molecular weight excluding hydrogens is 324 g/mol. The average Bonchev–Trinajstić information content (AvgIpc) is 3.04. The van der Waals surface area contributed by atoms with Crippen LogP contribution in [0.3, 0.4) is 0 Å². The van der Waals surface area contributed by atoms with Crippen molar-refractivity contribution < 1.29 is 0 Å². The summed E-state index contributed by atoms with van der Waals surface area (Å²) in [5.41, 5.74) is 3.36. The second-order valence-electron chi connectivity index (χ2n) is 7.06. The van der Waals surface area contributed by atoms with Crippen molar-refractivity contribution in [2.45, 2.75) is 19.9 Å². The smallest absolute Gasteiger partial charge is 0.152 e. The van der Waals surface area contributed by atoms with Crippen molar-refractivity contribution in [2.75, 3.05) is 42.9 Å². The first-order valence-electron chi connectivity index (χ1n) is 9.29. The highest BCUT2D eigenvalue weighted by Crippen LogP contribution is 2.18. The van der Waals surface area contributed by atoms with Crippen molar-refractivity contribution >= 4 is 17.0 Å². The Morgan fingerprint density at radius 2 is 1.88 bits per heavy atom. The van der Waals surface area contributed by atoms with Crippen molar-refractivity contribution in [3.8, 4) is 0 Å². The van der Waals surface area contributed by atoms with E-state index in [9.17, 15) is 0 Å². The predicted molar refractivity (Wildman–Crippen MR) is 106 cm³/mol. The van der Waals surface area contributed by atoms with E-state index in [1.807, 2.05) is 17.6 Å². The number of hydrogen-bond acceptors (Lipinski definition) is 5. The largest absolute Gasteiger partial charge is 0.369 e. The van der Waals surface area contributed by atoms with Gasteiger partial charge in [0.15, 0.2) is 5.82 Å². The molecule has 0 saturated carbocycles. The fourth-order valence-corrected chi connectivity index (χ4v) is 3.65. The number of fused-ring (bicyclic) bond motifs is 1. The zero-order valence-electron chi connectivity index (χ0n) is 15.5. The zero-order chi connectivity index (χ0) is 17.9. The molecule has 26 heavy (non-hydrogen) atoms. The fraction of sp³-hybridized carbons (Fsp3) is 0.400. The van der Waals surface area contributed by atoms with Crippen molar-refractivity contribution in [2.24, 2.45) is 0 Å². The summed E-state index contributed by atoms with van der Waals surface area (Å²) in [6, 6.07) is 13.1. The standard InChI is InChI=1S/C20H26N6/c1-16-14-19-20(21-8-9-26(19)23-16)22-17(2)15-24-10-12-25(13-11-24)18-6-4-3-5-7-18/h3-9,14,17H,10-13,15H2,1-2H3,(H,21,22). The zero-order valence-corrected chi connectivity index (χ0v) is 15.5. The Balaban J connectivity index is 1.33. The molecule has 4 rings (SSSR count). The third kappa shape index (κ3) is 3.65. The predicted octanol–water partition coefficient (Wildman–Crippen LogP) is 2.66. The summed E-state index contributed by atoms with van der Waals surface area (Å²) < 4.78 is 1.88. The van der Waals surface area contributed by atoms with Gasteiger partial charge < -0.3 is 10.2 Å². The summed E-state index contributed by atoms with van der Waals surface area (Å²) in [7, 11) is 0. The minimum atomic E-state index is 0.326. The van der Waals surface area contributed by atoms with E-state index in [4.69, 9.17) is 0 Å². The van der Waals surface area contributed by atoms with E-state index in [-0.39, 0.29) is 0 Å². The maximum atomic E-state index is 4.51. The Morgan fingerprint density at radius 1 is 1.12 bits per heavy atom. The van der Waals surface area contributed by atoms with Gasteiger partial charge >= 0.3 is 0 Å². The second kappa shape index (κ2) is 7.33. The van der Waals surface area contributed by atoms with Crippen molar-refractivity contribution in [1.82, 2.24) is 19.5 Å². The van der Waals surface area contributed by atoms with Gasteiger partial charge in [0.1, 0.15) is 5.52 Å². The van der Waals surface area contributed by atoms with Gasteiger partial charge in [0, 0.05) is 56.8 Å². The number of benzene rings is 1. The molecule has 0 radical (unpaired) electrons. The number of anilines is 2. The molecule has 2 aromatic heterocycles. The molecular formula is C20H26N6. The number of rotatable bonds is 5. The van der Waals surface area contributed by atoms with E-state index in [0.717, 1.165) is 49.8 Å². The molecule has 1 aliphatic heterocycles. The SMILES string of the molecule is Cc1cc2c(NC(C)CN3CCN(c4ccccc4)CC3)nccn2n1. The maximum Gasteiger partial charge on any atom is 0.152 e. The van der Waals surface area contributed by atoms with Crippen LogP contribution in [0.2, 0.25) is 0 Å². The van der Waals surface area contributed by atoms with Gasteiger partial charge in [0.05, 0.1) is 5.69 Å². The molecule has 1 saturated heterocycles. The molecule has 0 bridgehead atoms. The Morgan fingerprint density at radius 3 is 2.65 bits per heavy atom. The molecule has 6 nitrogen and oxygen atoms in total. The number of nitrogens with one attached hydrogen (secondary N) is 1. The van der Waals surface area contributed by atoms with Crippen LogP contribution in [0.15, 0.2) is 48.8 Å². The topological polar surface area (TPSA) is 48.7 Å². The van der Waals surface area contributed by atoms with E-state index in [2.05, 4.69) is 68.5 Å². The lowest BCUT2D eigenvalue weighted by Gasteiger charge is -2.37. The van der Waals surface area contributed by atoms with Crippen LogP contribution < -0.4 is 10.2 Å². The van der Waals surface area contributed by atoms with Crippen molar-refractivity contribution in [1.29, 1.82) is 0 Å². The van der Waals surface area contributed by atoms with Gasteiger partial charge in [0.25, 0.3) is 0 Å². The van der Waals surface area contributed by atoms with E-state index < -0.39 is 0 Å². The number of aryl methyl sites for hydroxylation is 1. The highest BCUT2D eigenvalue weighted by Gasteiger charge is 2.19. The summed E-state index contributed by atoms with van der Waals surface area (Å²) in [6.07, 6.45) is 3.69. The van der Waals surface area contributed by atoms with Gasteiger partial charge in [-0.05, 0) is 32.0 Å². The maximum absolute atomic E-state index is 4.51. The molecule has 136 valence electrons. The molecule has 0 amide bonds. The van der Waals surface area contributed by atoms with Crippen LogP contribution in [0, 0.1) is 6.92 Å². The summed E-state index contributed by atoms with van der Waals surface area (Å²) >= 11 is 0. The van der Waals surface area contributed by atoms with Gasteiger partial charge in [-0.1, -0.05) is 18.2 Å². The van der Waals surface area contributed by atoms with E-state index in [1.165, 1.54) is 5.69 Å². The van der Waals surface area contributed by atoms with Gasteiger partial charge in [-0.15, -0.1) is 0 Å². The van der Waals surface area contributed by atoms with Crippen LogP contribution in [0.5, 0.6) is 0 Å². The molecule has 0 spiro atoms. The van der Waals surface area contributed by atoms with Crippen LogP contribution in [-0.2, 0) is 0 Å². The lowest BCUT2D eigenvalue weighted by molar-refractivity contribution is 0.251. The molecule has 1 aliphatic rings. The Labute approximate surface area is 154 Å². The first-order valence-corrected chi connectivity index (χ1v) is 9.29. The van der Waals surface area contributed by atoms with Gasteiger partial charge in [-0.25, -0.2) is 9.50 Å². The van der Waals surface area contributed by atoms with Gasteiger partial charge in [0.2, 0.25) is 0 Å². The Bertz CT molecular complexity index is 851. The van der Waals surface area contributed by atoms with Crippen molar-refractivity contribution in [3.63, 3.8) is 0 Å². The Kier molecular flexibility index (Phi) is 4.75. The van der Waals surface area contributed by atoms with Crippen LogP contribution in [0.1, 0.15) is 12.6 Å². The minimum Gasteiger partial charge on any atom is -0.369 e. The Hall–Kier alpha value is -2.60. The molecule has 1 fully saturated rings. The monoisotopic (exact) mass is 350 g/mol. The summed E-state index contributed by atoms with van der Waals surface area (Å²) in [5.74, 6) is 0.906. The van der Waals surface area contributed by atoms with Crippen molar-refractivity contribution in [3.05, 3.63) is 54.5 Å². The lowest BCUT2D eigenvalue weighted by Crippen LogP contribution is -2.49. The number of para-hydroxylation sites is 1. The van der Waals surface area contributed by atoms with Gasteiger partial charge in [-0.3, -0.25) is 4.90 Å². The number of aromatic nitrogens is 3. The van der Waals surface area contributed by atoms with Crippen LogP contribution in [0.4, 0.5) is 11.5 Å². The van der Waals surface area contributed by atoms with Crippen LogP contribution >= 0.6 is 0 Å². The minimum absolute atomic E-state index is 0.326. The van der Waals surface area contributed by atoms with Crippen LogP contribution in [0.25, 0.3) is 5.52 Å². The van der Waals surface area contributed by atoms with Gasteiger partial charge in [-0.2, -0.15) is 5.10 Å². The second-order valence-corrected chi connectivity index (χ2v) is 7.06. The fourth-order valence-electron chi connectivity index (χ4n) is 3.65. The number of piperazine rings is 1. The lowest BCUT2D eigenvalue weighted by atomic mass is 10.2. The normalized spacial score (nSPS) is 16.8. The van der Waals surface area contributed by atoms with E-state index in [1.54, 1.807) is 6.20 Å². The average molecular weight is 350 g/mol. The quantitative estimate of drug-likeness (QED) is 0.767. The molecule has 1 N–H and O–H groups in total. The molecule has 0 aliphatic carbocycles. The summed E-state index contributed by atoms with van der Waals surface area (Å²) in [4.78, 5) is 9.50. The molecule has 1 atom stereocenters. The highest BCUT2D eigenvalue weighted by molar-refractivity contribution is 5.67. The summed E-state index contributed by atoms with van der Waals surface area (Å²) in [6.45, 7) is 9.57. The summed E-state index contributed by atoms with van der Waals surface area (Å²) in [5, 5.41) is 8.02. The third-order valence-electron chi connectivity index (χ3n) is 4.92. The molecule has 3 heterocycles. The number of nitrogens with zero attached hydrogens (tertiary/aromatic N) is 5. The molecule has 1 aromatic carbocycles. The highest BCUT2D eigenvalue weighted by atomic mass is 15.3. The molecule has 1 unspecified atom stereocenters.